The minimum atomic E-state index is -1.04. The summed E-state index contributed by atoms with van der Waals surface area (Å²) in [5, 5.41) is 15.8. The van der Waals surface area contributed by atoms with Crippen molar-refractivity contribution >= 4 is 17.4 Å². The Morgan fingerprint density at radius 2 is 1.76 bits per heavy atom. The Bertz CT molecular complexity index is 1330. The Kier molecular flexibility index (Phi) is 7.16. The van der Waals surface area contributed by atoms with Gasteiger partial charge in [0.05, 0.1) is 48.0 Å². The predicted molar refractivity (Wildman–Crippen MR) is 136 cm³/mol. The first-order valence-electron chi connectivity index (χ1n) is 12.4. The number of hydrogen-bond acceptors (Lipinski definition) is 6. The molecule has 1 N–H and O–H groups in total. The number of ether oxygens (including phenoxy) is 1. The molecule has 2 aromatic carbocycles. The molecule has 8 nitrogen and oxygen atoms in total. The largest absolute Gasteiger partial charge is 0.507 e. The number of aromatic nitrogens is 2. The van der Waals surface area contributed by atoms with Gasteiger partial charge in [0.25, 0.3) is 11.7 Å². The van der Waals surface area contributed by atoms with Crippen LogP contribution in [0.4, 0.5) is 4.39 Å². The van der Waals surface area contributed by atoms with E-state index in [1.54, 1.807) is 29.8 Å². The highest BCUT2D eigenvalue weighted by atomic mass is 19.1. The average Bonchev–Trinajstić information content (AvgIpc) is 3.42. The number of carbonyl (C=O) groups excluding carboxylic acids is 2. The molecule has 9 heteroatoms. The number of para-hydroxylation sites is 1. The number of ketones is 1. The summed E-state index contributed by atoms with van der Waals surface area (Å²) < 4.78 is 22.1. The third-order valence-electron chi connectivity index (χ3n) is 6.98. The van der Waals surface area contributed by atoms with E-state index in [4.69, 9.17) is 4.74 Å². The first-order valence-corrected chi connectivity index (χ1v) is 12.4. The molecule has 0 aliphatic carbocycles. The van der Waals surface area contributed by atoms with Crippen LogP contribution in [0.3, 0.4) is 0 Å². The normalized spacial score (nSPS) is 20.1. The number of aliphatic hydroxyl groups excluding tert-OH is 1. The van der Waals surface area contributed by atoms with Gasteiger partial charge < -0.3 is 14.7 Å². The van der Waals surface area contributed by atoms with Gasteiger partial charge in [-0.2, -0.15) is 5.10 Å². The van der Waals surface area contributed by atoms with Crippen LogP contribution in [0.15, 0.2) is 66.4 Å². The van der Waals surface area contributed by atoms with E-state index in [1.165, 1.54) is 17.2 Å². The number of amides is 1. The molecule has 192 valence electrons. The monoisotopic (exact) mass is 504 g/mol. The molecule has 0 radical (unpaired) electrons. The quantitative estimate of drug-likeness (QED) is 0.301. The summed E-state index contributed by atoms with van der Waals surface area (Å²) >= 11 is 0. The summed E-state index contributed by atoms with van der Waals surface area (Å²) in [6, 6.07) is 14.4. The van der Waals surface area contributed by atoms with Crippen LogP contribution in [0.25, 0.3) is 11.4 Å². The molecule has 0 spiro atoms. The number of nitrogens with zero attached hydrogens (tertiary/aromatic N) is 4. The first-order chi connectivity index (χ1) is 18.0. The van der Waals surface area contributed by atoms with E-state index in [-0.39, 0.29) is 23.4 Å². The smallest absolute Gasteiger partial charge is 0.295 e. The van der Waals surface area contributed by atoms with Gasteiger partial charge in [-0.05, 0) is 31.5 Å². The van der Waals surface area contributed by atoms with Crippen molar-refractivity contribution in [3.8, 4) is 5.69 Å². The summed E-state index contributed by atoms with van der Waals surface area (Å²) in [4.78, 5) is 30.1. The maximum absolute atomic E-state index is 15.0. The molecule has 1 unspecified atom stereocenters. The molecule has 0 bridgehead atoms. The van der Waals surface area contributed by atoms with Crippen molar-refractivity contribution in [1.82, 2.24) is 19.6 Å². The zero-order chi connectivity index (χ0) is 25.9. The van der Waals surface area contributed by atoms with E-state index in [0.29, 0.717) is 30.9 Å². The molecular formula is C28H29FN4O4. The van der Waals surface area contributed by atoms with E-state index < -0.39 is 23.5 Å². The van der Waals surface area contributed by atoms with E-state index in [9.17, 15) is 14.7 Å². The maximum Gasteiger partial charge on any atom is 0.295 e. The molecular weight excluding hydrogens is 475 g/mol. The van der Waals surface area contributed by atoms with Crippen LogP contribution < -0.4 is 0 Å². The molecule has 2 fully saturated rings. The summed E-state index contributed by atoms with van der Waals surface area (Å²) in [6.45, 7) is 5.68. The minimum absolute atomic E-state index is 0.128. The molecule has 1 aromatic heterocycles. The lowest BCUT2D eigenvalue weighted by atomic mass is 9.95. The highest BCUT2D eigenvalue weighted by Crippen LogP contribution is 2.40. The van der Waals surface area contributed by atoms with Crippen LogP contribution in [-0.2, 0) is 14.3 Å². The molecule has 2 aliphatic rings. The van der Waals surface area contributed by atoms with Gasteiger partial charge >= 0.3 is 0 Å². The Balaban J connectivity index is 1.52. The number of aliphatic hydroxyl groups is 1. The molecule has 3 heterocycles. The zero-order valence-corrected chi connectivity index (χ0v) is 20.6. The van der Waals surface area contributed by atoms with E-state index in [1.807, 2.05) is 30.3 Å². The molecule has 2 aliphatic heterocycles. The Morgan fingerprint density at radius 1 is 1.05 bits per heavy atom. The van der Waals surface area contributed by atoms with Crippen molar-refractivity contribution in [2.45, 2.75) is 19.4 Å². The van der Waals surface area contributed by atoms with Crippen molar-refractivity contribution in [3.05, 3.63) is 89.0 Å². The second-order valence-corrected chi connectivity index (χ2v) is 9.21. The van der Waals surface area contributed by atoms with Gasteiger partial charge in [-0.25, -0.2) is 9.07 Å². The van der Waals surface area contributed by atoms with Crippen LogP contribution in [0.1, 0.15) is 29.3 Å². The van der Waals surface area contributed by atoms with Gasteiger partial charge in [-0.15, -0.1) is 0 Å². The number of rotatable bonds is 7. The predicted octanol–water partition coefficient (Wildman–Crippen LogP) is 3.46. The fourth-order valence-electron chi connectivity index (χ4n) is 5.04. The number of carbonyl (C=O) groups is 2. The third-order valence-corrected chi connectivity index (χ3v) is 6.98. The van der Waals surface area contributed by atoms with Crippen molar-refractivity contribution in [1.29, 1.82) is 0 Å². The Labute approximate surface area is 214 Å². The van der Waals surface area contributed by atoms with E-state index in [2.05, 4.69) is 10.00 Å². The van der Waals surface area contributed by atoms with Crippen molar-refractivity contribution in [2.24, 2.45) is 0 Å². The highest BCUT2D eigenvalue weighted by molar-refractivity contribution is 6.46. The summed E-state index contributed by atoms with van der Waals surface area (Å²) in [7, 11) is 0. The van der Waals surface area contributed by atoms with Crippen LogP contribution in [-0.4, -0.2) is 75.8 Å². The van der Waals surface area contributed by atoms with Crippen molar-refractivity contribution in [3.63, 3.8) is 0 Å². The van der Waals surface area contributed by atoms with Gasteiger partial charge in [0.1, 0.15) is 11.6 Å². The van der Waals surface area contributed by atoms with Crippen LogP contribution in [0.2, 0.25) is 0 Å². The molecule has 1 amide bonds. The fourth-order valence-corrected chi connectivity index (χ4v) is 5.04. The SMILES string of the molecule is Cc1c(C(O)=C2C(=O)C(=O)N(CCCN3CCOCC3)C2c2ccccc2F)cnn1-c1ccccc1. The zero-order valence-electron chi connectivity index (χ0n) is 20.6. The van der Waals surface area contributed by atoms with Crippen molar-refractivity contribution in [2.75, 3.05) is 39.4 Å². The van der Waals surface area contributed by atoms with Crippen LogP contribution >= 0.6 is 0 Å². The van der Waals surface area contributed by atoms with Gasteiger partial charge in [0.15, 0.2) is 0 Å². The number of likely N-dealkylation sites (tertiary alicyclic amines) is 1. The standard InChI is InChI=1S/C28H29FN4O4/c1-19-22(18-30-33(19)20-8-3-2-4-9-20)26(34)24-25(21-10-5-6-11-23(21)29)32(28(36)27(24)35)13-7-12-31-14-16-37-17-15-31/h2-6,8-11,18,25,34H,7,12-17H2,1H3. The Hall–Kier alpha value is -3.82. The summed E-state index contributed by atoms with van der Waals surface area (Å²) in [5.41, 5.74) is 1.74. The number of Topliss-reactive ketones (excluding diaryl/α,β-unsaturated/α-hetero) is 1. The molecule has 5 rings (SSSR count). The number of benzene rings is 2. The van der Waals surface area contributed by atoms with Crippen LogP contribution in [0.5, 0.6) is 0 Å². The Morgan fingerprint density at radius 3 is 2.49 bits per heavy atom. The average molecular weight is 505 g/mol. The second-order valence-electron chi connectivity index (χ2n) is 9.21. The third kappa shape index (κ3) is 4.80. The van der Waals surface area contributed by atoms with Gasteiger partial charge in [-0.1, -0.05) is 36.4 Å². The lowest BCUT2D eigenvalue weighted by molar-refractivity contribution is -0.140. The first kappa shape index (κ1) is 24.9. The lowest BCUT2D eigenvalue weighted by Gasteiger charge is -2.29. The summed E-state index contributed by atoms with van der Waals surface area (Å²) in [6.07, 6.45) is 2.06. The highest BCUT2D eigenvalue weighted by Gasteiger charge is 2.47. The van der Waals surface area contributed by atoms with E-state index in [0.717, 1.165) is 25.3 Å². The fraction of sp³-hybridized carbons (Fsp3) is 0.321. The lowest BCUT2D eigenvalue weighted by Crippen LogP contribution is -2.39. The van der Waals surface area contributed by atoms with Gasteiger partial charge in [-0.3, -0.25) is 14.5 Å². The number of morpholine rings is 1. The second kappa shape index (κ2) is 10.7. The molecule has 3 aromatic rings. The van der Waals surface area contributed by atoms with Gasteiger partial charge in [0.2, 0.25) is 0 Å². The number of hydrogen-bond donors (Lipinski definition) is 1. The molecule has 0 saturated carbocycles. The summed E-state index contributed by atoms with van der Waals surface area (Å²) in [5.74, 6) is -2.48. The van der Waals surface area contributed by atoms with Gasteiger partial charge in [0, 0.05) is 31.7 Å². The maximum atomic E-state index is 15.0. The minimum Gasteiger partial charge on any atom is -0.507 e. The van der Waals surface area contributed by atoms with Crippen LogP contribution in [0, 0.1) is 12.7 Å². The number of halogens is 1. The van der Waals surface area contributed by atoms with Crippen molar-refractivity contribution < 1.29 is 23.8 Å². The topological polar surface area (TPSA) is 87.9 Å². The molecule has 2 saturated heterocycles. The molecule has 1 atom stereocenters. The van der Waals surface area contributed by atoms with E-state index >= 15 is 4.39 Å². The molecule has 37 heavy (non-hydrogen) atoms.